The van der Waals surface area contributed by atoms with Gasteiger partial charge in [0.05, 0.1) is 0 Å². The number of pyridine rings is 1. The molecule has 0 N–H and O–H groups in total. The SMILES string of the molecule is CCCCCCCCCCCCCCCCCC[n+]1ccc(C(C)C)c(C(C)C)c1. The lowest BCUT2D eigenvalue weighted by molar-refractivity contribution is -0.697. The van der Waals surface area contributed by atoms with Crippen molar-refractivity contribution in [1.29, 1.82) is 0 Å². The molecule has 0 aliphatic carbocycles. The Morgan fingerprint density at radius 1 is 0.567 bits per heavy atom. The van der Waals surface area contributed by atoms with Gasteiger partial charge in [0.1, 0.15) is 6.54 Å². The molecule has 1 aromatic heterocycles. The normalized spacial score (nSPS) is 11.7. The Morgan fingerprint density at radius 3 is 1.37 bits per heavy atom. The van der Waals surface area contributed by atoms with E-state index in [4.69, 9.17) is 0 Å². The number of rotatable bonds is 19. The highest BCUT2D eigenvalue weighted by Crippen LogP contribution is 2.24. The summed E-state index contributed by atoms with van der Waals surface area (Å²) in [4.78, 5) is 0. The molecule has 1 rings (SSSR count). The third kappa shape index (κ3) is 12.8. The molecule has 0 saturated carbocycles. The summed E-state index contributed by atoms with van der Waals surface area (Å²) in [6.07, 6.45) is 27.7. The molecule has 174 valence electrons. The van der Waals surface area contributed by atoms with Crippen LogP contribution in [0.4, 0.5) is 0 Å². The first-order valence-corrected chi connectivity index (χ1v) is 13.6. The zero-order chi connectivity index (χ0) is 22.0. The number of unbranched alkanes of at least 4 members (excludes halogenated alkanes) is 15. The van der Waals surface area contributed by atoms with Crippen molar-refractivity contribution in [2.24, 2.45) is 0 Å². The summed E-state index contributed by atoms with van der Waals surface area (Å²) in [6.45, 7) is 12.7. The van der Waals surface area contributed by atoms with Crippen LogP contribution in [-0.4, -0.2) is 0 Å². The maximum Gasteiger partial charge on any atom is 0.172 e. The van der Waals surface area contributed by atoms with Crippen LogP contribution in [0.25, 0.3) is 0 Å². The fourth-order valence-corrected chi connectivity index (χ4v) is 4.56. The number of hydrogen-bond donors (Lipinski definition) is 0. The van der Waals surface area contributed by atoms with Crippen molar-refractivity contribution in [2.45, 2.75) is 156 Å². The van der Waals surface area contributed by atoms with Gasteiger partial charge in [-0.2, -0.15) is 0 Å². The van der Waals surface area contributed by atoms with Crippen LogP contribution in [0, 0.1) is 0 Å². The Bertz CT molecular complexity index is 517. The average Bonchev–Trinajstić information content (AvgIpc) is 2.73. The Kier molecular flexibility index (Phi) is 16.1. The van der Waals surface area contributed by atoms with E-state index >= 15 is 0 Å². The van der Waals surface area contributed by atoms with E-state index in [1.165, 1.54) is 120 Å². The smallest absolute Gasteiger partial charge is 0.172 e. The molecule has 0 radical (unpaired) electrons. The van der Waals surface area contributed by atoms with Gasteiger partial charge in [-0.1, -0.05) is 125 Å². The van der Waals surface area contributed by atoms with Gasteiger partial charge >= 0.3 is 0 Å². The highest BCUT2D eigenvalue weighted by Gasteiger charge is 2.14. The summed E-state index contributed by atoms with van der Waals surface area (Å²) in [6, 6.07) is 2.35. The molecule has 1 nitrogen and oxygen atoms in total. The van der Waals surface area contributed by atoms with Gasteiger partial charge in [-0.3, -0.25) is 0 Å². The first-order chi connectivity index (χ1) is 14.6. The number of aromatic nitrogens is 1. The maximum atomic E-state index is 2.42. The first kappa shape index (κ1) is 27.2. The fourth-order valence-electron chi connectivity index (χ4n) is 4.56. The Hall–Kier alpha value is -0.850. The molecule has 0 saturated heterocycles. The number of aryl methyl sites for hydroxylation is 1. The van der Waals surface area contributed by atoms with Crippen LogP contribution < -0.4 is 4.57 Å². The van der Waals surface area contributed by atoms with Gasteiger partial charge in [0.25, 0.3) is 0 Å². The summed E-state index contributed by atoms with van der Waals surface area (Å²) in [5, 5.41) is 0. The van der Waals surface area contributed by atoms with E-state index in [0.717, 1.165) is 0 Å². The third-order valence-electron chi connectivity index (χ3n) is 6.60. The minimum Gasteiger partial charge on any atom is -0.205 e. The molecule has 0 aliphatic heterocycles. The van der Waals surface area contributed by atoms with Crippen LogP contribution in [-0.2, 0) is 6.54 Å². The molecule has 0 atom stereocenters. The van der Waals surface area contributed by atoms with Crippen molar-refractivity contribution < 1.29 is 4.57 Å². The highest BCUT2D eigenvalue weighted by atomic mass is 14.9. The first-order valence-electron chi connectivity index (χ1n) is 13.6. The van der Waals surface area contributed by atoms with Crippen molar-refractivity contribution in [3.05, 3.63) is 29.6 Å². The minimum atomic E-state index is 0.612. The van der Waals surface area contributed by atoms with Gasteiger partial charge in [-0.05, 0) is 23.8 Å². The molecule has 0 aromatic carbocycles. The molecule has 30 heavy (non-hydrogen) atoms. The second-order valence-corrected chi connectivity index (χ2v) is 10.2. The molecule has 0 unspecified atom stereocenters. The van der Waals surface area contributed by atoms with Crippen molar-refractivity contribution in [3.63, 3.8) is 0 Å². The van der Waals surface area contributed by atoms with E-state index in [-0.39, 0.29) is 0 Å². The third-order valence-corrected chi connectivity index (χ3v) is 6.60. The van der Waals surface area contributed by atoms with E-state index in [0.29, 0.717) is 11.8 Å². The van der Waals surface area contributed by atoms with Crippen molar-refractivity contribution in [1.82, 2.24) is 0 Å². The van der Waals surface area contributed by atoms with Crippen LogP contribution in [0.3, 0.4) is 0 Å². The lowest BCUT2D eigenvalue weighted by atomic mass is 9.92. The quantitative estimate of drug-likeness (QED) is 0.156. The van der Waals surface area contributed by atoms with Crippen LogP contribution in [0.15, 0.2) is 18.5 Å². The molecular weight excluding hydrogens is 362 g/mol. The second kappa shape index (κ2) is 17.8. The van der Waals surface area contributed by atoms with Gasteiger partial charge in [-0.15, -0.1) is 0 Å². The van der Waals surface area contributed by atoms with E-state index in [2.05, 4.69) is 57.6 Å². The van der Waals surface area contributed by atoms with Gasteiger partial charge in [0, 0.05) is 18.1 Å². The fraction of sp³-hybridized carbons (Fsp3) is 0.828. The van der Waals surface area contributed by atoms with Gasteiger partial charge in [-0.25, -0.2) is 4.57 Å². The van der Waals surface area contributed by atoms with E-state index in [1.807, 2.05) is 0 Å². The largest absolute Gasteiger partial charge is 0.205 e. The minimum absolute atomic E-state index is 0.612. The standard InChI is InChI=1S/C29H54N/c1-6-7-8-9-10-11-12-13-14-15-16-17-18-19-20-21-23-30-24-22-28(26(2)3)29(25-30)27(4)5/h22,24-27H,6-21,23H2,1-5H3/q+1. The molecule has 0 aliphatic rings. The number of hydrogen-bond acceptors (Lipinski definition) is 0. The van der Waals surface area contributed by atoms with E-state index in [9.17, 15) is 0 Å². The second-order valence-electron chi connectivity index (χ2n) is 10.2. The van der Waals surface area contributed by atoms with E-state index in [1.54, 1.807) is 0 Å². The molecule has 0 fully saturated rings. The summed E-state index contributed by atoms with van der Waals surface area (Å²) < 4.78 is 2.42. The Balaban J connectivity index is 1.97. The van der Waals surface area contributed by atoms with Crippen LogP contribution >= 0.6 is 0 Å². The lowest BCUT2D eigenvalue weighted by Gasteiger charge is -2.14. The molecular formula is C29H54N+. The van der Waals surface area contributed by atoms with Crippen molar-refractivity contribution >= 4 is 0 Å². The lowest BCUT2D eigenvalue weighted by Crippen LogP contribution is -2.34. The van der Waals surface area contributed by atoms with Gasteiger partial charge in [0.15, 0.2) is 12.4 Å². The van der Waals surface area contributed by atoms with Crippen LogP contribution in [0.2, 0.25) is 0 Å². The maximum absolute atomic E-state index is 2.42. The Labute approximate surface area is 190 Å². The summed E-state index contributed by atoms with van der Waals surface area (Å²) in [5.41, 5.74) is 3.05. The monoisotopic (exact) mass is 416 g/mol. The molecule has 0 spiro atoms. The summed E-state index contributed by atoms with van der Waals surface area (Å²) in [7, 11) is 0. The van der Waals surface area contributed by atoms with Gasteiger partial charge in [0.2, 0.25) is 0 Å². The van der Waals surface area contributed by atoms with Gasteiger partial charge < -0.3 is 0 Å². The van der Waals surface area contributed by atoms with Crippen molar-refractivity contribution in [2.75, 3.05) is 0 Å². The highest BCUT2D eigenvalue weighted by molar-refractivity contribution is 5.27. The van der Waals surface area contributed by atoms with Crippen LogP contribution in [0.5, 0.6) is 0 Å². The van der Waals surface area contributed by atoms with Crippen molar-refractivity contribution in [3.8, 4) is 0 Å². The molecule has 1 heteroatoms. The summed E-state index contributed by atoms with van der Waals surface area (Å²) in [5.74, 6) is 1.23. The average molecular weight is 417 g/mol. The topological polar surface area (TPSA) is 3.88 Å². The molecule has 1 aromatic rings. The summed E-state index contributed by atoms with van der Waals surface area (Å²) >= 11 is 0. The predicted octanol–water partition coefficient (Wildman–Crippen LogP) is 9.48. The Morgan fingerprint density at radius 2 is 0.967 bits per heavy atom. The molecule has 1 heterocycles. The molecule has 0 bridgehead atoms. The zero-order valence-corrected chi connectivity index (χ0v) is 21.4. The van der Waals surface area contributed by atoms with Crippen LogP contribution in [0.1, 0.15) is 160 Å². The zero-order valence-electron chi connectivity index (χ0n) is 21.4. The predicted molar refractivity (Wildman–Crippen MR) is 134 cm³/mol. The van der Waals surface area contributed by atoms with E-state index < -0.39 is 0 Å². The molecule has 0 amide bonds. The number of nitrogens with zero attached hydrogens (tertiary/aromatic N) is 1.